The van der Waals surface area contributed by atoms with Gasteiger partial charge in [-0.3, -0.25) is 14.5 Å². The molecule has 0 radical (unpaired) electrons. The number of nitrogens with zero attached hydrogens (tertiary/aromatic N) is 1. The highest BCUT2D eigenvalue weighted by Gasteiger charge is 2.33. The van der Waals surface area contributed by atoms with Crippen LogP contribution in [-0.4, -0.2) is 39.4 Å². The Bertz CT molecular complexity index is 1070. The van der Waals surface area contributed by atoms with Gasteiger partial charge in [0.1, 0.15) is 17.5 Å². The molecule has 1 N–H and O–H groups in total. The second-order valence-electron chi connectivity index (χ2n) is 6.33. The van der Waals surface area contributed by atoms with Gasteiger partial charge in [0, 0.05) is 15.6 Å². The number of hydrogen-bond acceptors (Lipinski definition) is 6. The lowest BCUT2D eigenvalue weighted by molar-refractivity contribution is -0.140. The van der Waals surface area contributed by atoms with Crippen LogP contribution in [0.2, 0.25) is 10.0 Å². The minimum absolute atomic E-state index is 0.212. The topological polar surface area (TPSA) is 76.1 Å². The maximum absolute atomic E-state index is 12.5. The van der Waals surface area contributed by atoms with E-state index in [1.165, 1.54) is 0 Å². The van der Waals surface area contributed by atoms with E-state index in [0.717, 1.165) is 22.2 Å². The lowest BCUT2D eigenvalue weighted by Gasteiger charge is -2.13. The van der Waals surface area contributed by atoms with Crippen LogP contribution in [0.3, 0.4) is 0 Å². The standard InChI is InChI=1S/C21H17Cl2NO5S2/c1-2-28-17-7-12(8-18-20(27)24(10-19(25)26)21(30)31-18)3-6-16(17)29-11-13-4-5-14(22)9-15(13)23/h3-9H,2,10-11H2,1H3,(H,25,26). The van der Waals surface area contributed by atoms with E-state index in [-0.39, 0.29) is 10.9 Å². The molecule has 0 saturated carbocycles. The zero-order valence-electron chi connectivity index (χ0n) is 16.3. The molecule has 1 saturated heterocycles. The Morgan fingerprint density at radius 3 is 2.65 bits per heavy atom. The van der Waals surface area contributed by atoms with Crippen molar-refractivity contribution in [2.45, 2.75) is 13.5 Å². The largest absolute Gasteiger partial charge is 0.490 e. The number of carbonyl (C=O) groups excluding carboxylic acids is 1. The first-order valence-corrected chi connectivity index (χ1v) is 11.1. The zero-order chi connectivity index (χ0) is 22.5. The lowest BCUT2D eigenvalue weighted by atomic mass is 10.1. The van der Waals surface area contributed by atoms with Crippen molar-refractivity contribution in [2.75, 3.05) is 13.2 Å². The van der Waals surface area contributed by atoms with Gasteiger partial charge in [-0.15, -0.1) is 0 Å². The highest BCUT2D eigenvalue weighted by molar-refractivity contribution is 8.26. The monoisotopic (exact) mass is 497 g/mol. The third kappa shape index (κ3) is 5.92. The number of carboxylic acids is 1. The van der Waals surface area contributed by atoms with Gasteiger partial charge in [0.15, 0.2) is 11.5 Å². The number of thiocarbonyl (C=S) groups is 1. The van der Waals surface area contributed by atoms with E-state index in [9.17, 15) is 9.59 Å². The maximum Gasteiger partial charge on any atom is 0.323 e. The van der Waals surface area contributed by atoms with E-state index in [4.69, 9.17) is 50.0 Å². The van der Waals surface area contributed by atoms with Crippen LogP contribution in [0.25, 0.3) is 6.08 Å². The first kappa shape index (κ1) is 23.4. The molecule has 2 aromatic carbocycles. The third-order valence-corrected chi connectivity index (χ3v) is 6.10. The SMILES string of the molecule is CCOc1cc(C=C2SC(=S)N(CC(=O)O)C2=O)ccc1OCc1ccc(Cl)cc1Cl. The summed E-state index contributed by atoms with van der Waals surface area (Å²) < 4.78 is 11.8. The predicted molar refractivity (Wildman–Crippen MR) is 126 cm³/mol. The molecule has 0 bridgehead atoms. The summed E-state index contributed by atoms with van der Waals surface area (Å²) in [5.41, 5.74) is 1.47. The Morgan fingerprint density at radius 1 is 1.19 bits per heavy atom. The van der Waals surface area contributed by atoms with Gasteiger partial charge in [-0.25, -0.2) is 0 Å². The van der Waals surface area contributed by atoms with Crippen LogP contribution in [0.4, 0.5) is 0 Å². The highest BCUT2D eigenvalue weighted by atomic mass is 35.5. The predicted octanol–water partition coefficient (Wildman–Crippen LogP) is 5.26. The third-order valence-electron chi connectivity index (χ3n) is 4.13. The van der Waals surface area contributed by atoms with Crippen molar-refractivity contribution in [3.8, 4) is 11.5 Å². The van der Waals surface area contributed by atoms with Gasteiger partial charge in [-0.05, 0) is 42.8 Å². The van der Waals surface area contributed by atoms with Gasteiger partial charge >= 0.3 is 5.97 Å². The van der Waals surface area contributed by atoms with E-state index < -0.39 is 18.4 Å². The van der Waals surface area contributed by atoms with Crippen molar-refractivity contribution >= 4 is 69.5 Å². The summed E-state index contributed by atoms with van der Waals surface area (Å²) in [5.74, 6) is -0.544. The number of hydrogen-bond donors (Lipinski definition) is 1. The summed E-state index contributed by atoms with van der Waals surface area (Å²) in [7, 11) is 0. The average molecular weight is 498 g/mol. The second-order valence-corrected chi connectivity index (χ2v) is 8.84. The van der Waals surface area contributed by atoms with E-state index in [0.29, 0.717) is 38.6 Å². The summed E-state index contributed by atoms with van der Waals surface area (Å²) in [6.07, 6.45) is 1.64. The Kier molecular flexibility index (Phi) is 7.83. The van der Waals surface area contributed by atoms with Gasteiger partial charge in [0.2, 0.25) is 0 Å². The van der Waals surface area contributed by atoms with Gasteiger partial charge in [0.05, 0.1) is 11.5 Å². The van der Waals surface area contributed by atoms with Crippen LogP contribution in [0.5, 0.6) is 11.5 Å². The summed E-state index contributed by atoms with van der Waals surface area (Å²) in [6, 6.07) is 10.4. The summed E-state index contributed by atoms with van der Waals surface area (Å²) >= 11 is 18.3. The van der Waals surface area contributed by atoms with Gasteiger partial charge < -0.3 is 14.6 Å². The summed E-state index contributed by atoms with van der Waals surface area (Å²) in [5, 5.41) is 10.00. The number of halogens is 2. The molecule has 1 heterocycles. The van der Waals surface area contributed by atoms with Crippen molar-refractivity contribution in [1.82, 2.24) is 4.90 Å². The molecule has 162 valence electrons. The molecule has 6 nitrogen and oxygen atoms in total. The van der Waals surface area contributed by atoms with Gasteiger partial charge in [-0.2, -0.15) is 0 Å². The number of thioether (sulfide) groups is 1. The Morgan fingerprint density at radius 2 is 1.97 bits per heavy atom. The molecular formula is C21H17Cl2NO5S2. The van der Waals surface area contributed by atoms with E-state index in [2.05, 4.69) is 0 Å². The molecule has 0 unspecified atom stereocenters. The molecule has 3 rings (SSSR count). The van der Waals surface area contributed by atoms with Crippen molar-refractivity contribution in [1.29, 1.82) is 0 Å². The van der Waals surface area contributed by atoms with Crippen LogP contribution in [0, 0.1) is 0 Å². The van der Waals surface area contributed by atoms with Crippen LogP contribution < -0.4 is 9.47 Å². The molecular weight excluding hydrogens is 481 g/mol. The average Bonchev–Trinajstić information content (AvgIpc) is 2.96. The van der Waals surface area contributed by atoms with Crippen molar-refractivity contribution in [3.05, 3.63) is 62.5 Å². The van der Waals surface area contributed by atoms with Crippen LogP contribution >= 0.6 is 47.2 Å². The van der Waals surface area contributed by atoms with E-state index in [1.54, 1.807) is 42.5 Å². The fourth-order valence-electron chi connectivity index (χ4n) is 2.72. The summed E-state index contributed by atoms with van der Waals surface area (Å²) in [6.45, 7) is 2.03. The molecule has 1 amide bonds. The Balaban J connectivity index is 1.80. The number of carbonyl (C=O) groups is 2. The number of benzene rings is 2. The number of ether oxygens (including phenoxy) is 2. The van der Waals surface area contributed by atoms with Crippen LogP contribution in [0.15, 0.2) is 41.3 Å². The van der Waals surface area contributed by atoms with E-state index >= 15 is 0 Å². The molecule has 0 aromatic heterocycles. The molecule has 0 aliphatic carbocycles. The molecule has 10 heteroatoms. The highest BCUT2D eigenvalue weighted by Crippen LogP contribution is 2.35. The molecule has 1 fully saturated rings. The van der Waals surface area contributed by atoms with Gasteiger partial charge in [0.25, 0.3) is 5.91 Å². The second kappa shape index (κ2) is 10.4. The maximum atomic E-state index is 12.5. The normalized spacial score (nSPS) is 14.9. The molecule has 1 aliphatic heterocycles. The molecule has 2 aromatic rings. The van der Waals surface area contributed by atoms with E-state index in [1.807, 2.05) is 6.92 Å². The minimum atomic E-state index is -1.13. The summed E-state index contributed by atoms with van der Waals surface area (Å²) in [4.78, 5) is 24.8. The van der Waals surface area contributed by atoms with Crippen molar-refractivity contribution < 1.29 is 24.2 Å². The Hall–Kier alpha value is -2.26. The van der Waals surface area contributed by atoms with Crippen molar-refractivity contribution in [2.24, 2.45) is 0 Å². The number of carboxylic acid groups (broad SMARTS) is 1. The number of amides is 1. The molecule has 31 heavy (non-hydrogen) atoms. The first-order chi connectivity index (χ1) is 14.8. The molecule has 1 aliphatic rings. The van der Waals surface area contributed by atoms with Crippen LogP contribution in [-0.2, 0) is 16.2 Å². The fourth-order valence-corrected chi connectivity index (χ4v) is 4.44. The molecule has 0 atom stereocenters. The lowest BCUT2D eigenvalue weighted by Crippen LogP contribution is -2.33. The quantitative estimate of drug-likeness (QED) is 0.393. The van der Waals surface area contributed by atoms with Gasteiger partial charge in [-0.1, -0.05) is 59.3 Å². The number of rotatable bonds is 8. The number of aliphatic carboxylic acids is 1. The fraction of sp³-hybridized carbons (Fsp3) is 0.190. The van der Waals surface area contributed by atoms with Crippen LogP contribution in [0.1, 0.15) is 18.1 Å². The van der Waals surface area contributed by atoms with Crippen molar-refractivity contribution in [3.63, 3.8) is 0 Å². The minimum Gasteiger partial charge on any atom is -0.490 e. The Labute approximate surface area is 198 Å². The zero-order valence-corrected chi connectivity index (χ0v) is 19.4. The molecule has 0 spiro atoms. The smallest absolute Gasteiger partial charge is 0.323 e. The first-order valence-electron chi connectivity index (χ1n) is 9.09.